The average molecular weight is 412 g/mol. The molecule has 0 radical (unpaired) electrons. The quantitative estimate of drug-likeness (QED) is 0.639. The summed E-state index contributed by atoms with van der Waals surface area (Å²) in [6.45, 7) is 7.20. The van der Waals surface area contributed by atoms with E-state index in [1.165, 1.54) is 0 Å². The van der Waals surface area contributed by atoms with Gasteiger partial charge in [-0.1, -0.05) is 32.1 Å². The molecule has 2 unspecified atom stereocenters. The molecule has 156 valence electrons. The van der Waals surface area contributed by atoms with Gasteiger partial charge in [0.15, 0.2) is 0 Å². The molecule has 1 aliphatic heterocycles. The number of nitrogens with zero attached hydrogens (tertiary/aromatic N) is 7. The Morgan fingerprint density at radius 3 is 2.68 bits per heavy atom. The van der Waals surface area contributed by atoms with Crippen molar-refractivity contribution in [2.75, 3.05) is 11.4 Å². The maximum absolute atomic E-state index is 9.33. The maximum atomic E-state index is 9.33. The van der Waals surface area contributed by atoms with E-state index >= 15 is 0 Å². The molecule has 0 fully saturated rings. The highest BCUT2D eigenvalue weighted by molar-refractivity contribution is 5.75. The van der Waals surface area contributed by atoms with Crippen molar-refractivity contribution in [2.45, 2.75) is 32.7 Å². The summed E-state index contributed by atoms with van der Waals surface area (Å²) in [6, 6.07) is 8.98. The van der Waals surface area contributed by atoms with E-state index in [1.54, 1.807) is 0 Å². The molecule has 0 saturated heterocycles. The molecule has 1 aromatic carbocycles. The van der Waals surface area contributed by atoms with Gasteiger partial charge < -0.3 is 4.90 Å². The fraction of sp³-hybridized carbons (Fsp3) is 0.333. The predicted molar refractivity (Wildman–Crippen MR) is 120 cm³/mol. The van der Waals surface area contributed by atoms with Crippen molar-refractivity contribution in [3.8, 4) is 22.9 Å². The molecule has 3 heterocycles. The molecular weight excluding hydrogens is 386 g/mol. The second kappa shape index (κ2) is 7.24. The smallest absolute Gasteiger partial charge is 0.142 e. The Hall–Kier alpha value is -3.66. The average Bonchev–Trinajstić information content (AvgIpc) is 3.34. The van der Waals surface area contributed by atoms with Crippen molar-refractivity contribution < 1.29 is 0 Å². The first kappa shape index (κ1) is 19.3. The third-order valence-electron chi connectivity index (χ3n) is 6.27. The lowest BCUT2D eigenvalue weighted by Crippen LogP contribution is -2.41. The fourth-order valence-corrected chi connectivity index (χ4v) is 4.72. The Balaban J connectivity index is 1.69. The van der Waals surface area contributed by atoms with Gasteiger partial charge in [-0.2, -0.15) is 10.4 Å². The minimum Gasteiger partial charge on any atom is -0.362 e. The first-order chi connectivity index (χ1) is 15.0. The summed E-state index contributed by atoms with van der Waals surface area (Å²) in [5.41, 5.74) is 5.17. The van der Waals surface area contributed by atoms with Crippen molar-refractivity contribution >= 4 is 5.69 Å². The molecule has 0 N–H and O–H groups in total. The molecule has 2 aliphatic rings. The van der Waals surface area contributed by atoms with Crippen molar-refractivity contribution in [3.05, 3.63) is 66.0 Å². The molecule has 5 rings (SSSR count). The Bertz CT molecular complexity index is 1250. The van der Waals surface area contributed by atoms with Gasteiger partial charge >= 0.3 is 0 Å². The molecule has 0 spiro atoms. The number of anilines is 1. The second-order valence-electron chi connectivity index (χ2n) is 8.54. The number of allylic oxidation sites excluding steroid dienone is 2. The van der Waals surface area contributed by atoms with Crippen molar-refractivity contribution in [1.82, 2.24) is 24.5 Å². The minimum atomic E-state index is 0.153. The van der Waals surface area contributed by atoms with Crippen LogP contribution in [0.15, 0.2) is 54.4 Å². The van der Waals surface area contributed by atoms with Gasteiger partial charge in [0, 0.05) is 36.8 Å². The van der Waals surface area contributed by atoms with Crippen LogP contribution in [0.1, 0.15) is 31.4 Å². The zero-order valence-electron chi connectivity index (χ0n) is 18.2. The number of benzene rings is 1. The van der Waals surface area contributed by atoms with Crippen LogP contribution in [0.25, 0.3) is 16.8 Å². The van der Waals surface area contributed by atoms with E-state index in [9.17, 15) is 5.26 Å². The van der Waals surface area contributed by atoms with Crippen LogP contribution >= 0.6 is 0 Å². The molecule has 7 nitrogen and oxygen atoms in total. The van der Waals surface area contributed by atoms with Crippen molar-refractivity contribution in [2.24, 2.45) is 13.0 Å². The zero-order valence-corrected chi connectivity index (χ0v) is 18.2. The van der Waals surface area contributed by atoms with Crippen LogP contribution in [0.4, 0.5) is 5.69 Å². The van der Waals surface area contributed by atoms with E-state index in [-0.39, 0.29) is 17.9 Å². The van der Waals surface area contributed by atoms with Crippen molar-refractivity contribution in [1.29, 1.82) is 5.26 Å². The largest absolute Gasteiger partial charge is 0.362 e. The second-order valence-corrected chi connectivity index (χ2v) is 8.54. The molecule has 0 saturated carbocycles. The van der Waals surface area contributed by atoms with Crippen LogP contribution in [0, 0.1) is 24.2 Å². The summed E-state index contributed by atoms with van der Waals surface area (Å²) in [6.07, 6.45) is 10.1. The standard InChI is InChI=1S/C24H25N7/c1-15-9-18(11-25)5-7-21(15)30-13-16(2)24-28-27-17(3)31(24)22-8-6-19(10-23(22)30)20-12-26-29(4)14-20/h5-10,12,14-16,21H,13H2,1-4H3/t15?,16-,21?/m0/s1. The van der Waals surface area contributed by atoms with Gasteiger partial charge in [-0.05, 0) is 36.6 Å². The number of aryl methyl sites for hydroxylation is 2. The molecule has 31 heavy (non-hydrogen) atoms. The molecule has 1 aliphatic carbocycles. The minimum absolute atomic E-state index is 0.153. The third-order valence-corrected chi connectivity index (χ3v) is 6.27. The number of hydrogen-bond acceptors (Lipinski definition) is 5. The van der Waals surface area contributed by atoms with Crippen LogP contribution in [-0.2, 0) is 7.05 Å². The first-order valence-electron chi connectivity index (χ1n) is 10.6. The molecule has 0 amide bonds. The summed E-state index contributed by atoms with van der Waals surface area (Å²) in [7, 11) is 1.93. The maximum Gasteiger partial charge on any atom is 0.142 e. The molecule has 3 aromatic rings. The highest BCUT2D eigenvalue weighted by atomic mass is 15.3. The Morgan fingerprint density at radius 1 is 1.13 bits per heavy atom. The lowest BCUT2D eigenvalue weighted by atomic mass is 9.91. The van der Waals surface area contributed by atoms with Gasteiger partial charge in [0.1, 0.15) is 11.6 Å². The molecule has 3 atom stereocenters. The van der Waals surface area contributed by atoms with Gasteiger partial charge in [0.05, 0.1) is 29.7 Å². The van der Waals surface area contributed by atoms with Crippen LogP contribution in [-0.4, -0.2) is 37.1 Å². The molecular formula is C24H25N7. The molecule has 2 aromatic heterocycles. The first-order valence-corrected chi connectivity index (χ1v) is 10.6. The predicted octanol–water partition coefficient (Wildman–Crippen LogP) is 3.92. The van der Waals surface area contributed by atoms with E-state index in [2.05, 4.69) is 75.0 Å². The van der Waals surface area contributed by atoms with Gasteiger partial charge in [-0.15, -0.1) is 10.2 Å². The van der Waals surface area contributed by atoms with Crippen LogP contribution in [0.3, 0.4) is 0 Å². The normalized spacial score (nSPS) is 22.4. The monoisotopic (exact) mass is 411 g/mol. The number of fused-ring (bicyclic) bond motifs is 3. The van der Waals surface area contributed by atoms with Gasteiger partial charge in [-0.25, -0.2) is 0 Å². The van der Waals surface area contributed by atoms with Gasteiger partial charge in [0.2, 0.25) is 0 Å². The fourth-order valence-electron chi connectivity index (χ4n) is 4.72. The number of aromatic nitrogens is 5. The van der Waals surface area contributed by atoms with Crippen LogP contribution < -0.4 is 4.90 Å². The van der Waals surface area contributed by atoms with Crippen LogP contribution in [0.5, 0.6) is 0 Å². The number of nitriles is 1. The van der Waals surface area contributed by atoms with E-state index in [4.69, 9.17) is 0 Å². The Labute approximate surface area is 181 Å². The summed E-state index contributed by atoms with van der Waals surface area (Å²) in [5, 5.41) is 22.5. The summed E-state index contributed by atoms with van der Waals surface area (Å²) in [4.78, 5) is 2.46. The highest BCUT2D eigenvalue weighted by Crippen LogP contribution is 2.39. The lowest BCUT2D eigenvalue weighted by Gasteiger charge is -2.37. The summed E-state index contributed by atoms with van der Waals surface area (Å²) >= 11 is 0. The van der Waals surface area contributed by atoms with Crippen LogP contribution in [0.2, 0.25) is 0 Å². The third kappa shape index (κ3) is 3.15. The molecule has 7 heteroatoms. The lowest BCUT2D eigenvalue weighted by molar-refractivity contribution is 0.537. The van der Waals surface area contributed by atoms with Gasteiger partial charge in [-0.3, -0.25) is 9.25 Å². The highest BCUT2D eigenvalue weighted by Gasteiger charge is 2.33. The number of hydrogen-bond donors (Lipinski definition) is 0. The summed E-state index contributed by atoms with van der Waals surface area (Å²) in [5.74, 6) is 2.29. The zero-order chi connectivity index (χ0) is 21.7. The Morgan fingerprint density at radius 2 is 1.97 bits per heavy atom. The van der Waals surface area contributed by atoms with E-state index in [0.717, 1.165) is 46.3 Å². The van der Waals surface area contributed by atoms with E-state index < -0.39 is 0 Å². The topological polar surface area (TPSA) is 75.6 Å². The SMILES string of the molecule is Cc1nnc2n1-c1ccc(-c3cnn(C)c3)cc1N(C1C=CC(C#N)=CC1C)C[C@@H]2C. The van der Waals surface area contributed by atoms with Crippen molar-refractivity contribution in [3.63, 3.8) is 0 Å². The van der Waals surface area contributed by atoms with E-state index in [0.29, 0.717) is 0 Å². The Kier molecular flexibility index (Phi) is 4.51. The number of rotatable bonds is 2. The molecule has 0 bridgehead atoms. The summed E-state index contributed by atoms with van der Waals surface area (Å²) < 4.78 is 4.00. The van der Waals surface area contributed by atoms with Gasteiger partial charge in [0.25, 0.3) is 0 Å². The van der Waals surface area contributed by atoms with E-state index in [1.807, 2.05) is 37.1 Å².